The summed E-state index contributed by atoms with van der Waals surface area (Å²) in [5, 5.41) is 21.4. The SMILES string of the molecule is O=C(O)C[C@H]1CN(C(=O)CCN2CCCCO2)C[C@H]1c1cn[nH]n1. The van der Waals surface area contributed by atoms with E-state index in [9.17, 15) is 9.59 Å². The van der Waals surface area contributed by atoms with Gasteiger partial charge in [0.2, 0.25) is 5.91 Å². The summed E-state index contributed by atoms with van der Waals surface area (Å²) in [6.07, 6.45) is 4.16. The molecule has 2 atom stereocenters. The van der Waals surface area contributed by atoms with Crippen molar-refractivity contribution in [1.29, 1.82) is 0 Å². The number of hydrogen-bond donors (Lipinski definition) is 2. The van der Waals surface area contributed by atoms with E-state index < -0.39 is 5.97 Å². The van der Waals surface area contributed by atoms with Gasteiger partial charge in [0.1, 0.15) is 0 Å². The van der Waals surface area contributed by atoms with Gasteiger partial charge < -0.3 is 10.0 Å². The largest absolute Gasteiger partial charge is 0.481 e. The number of aliphatic carboxylic acids is 1. The number of carboxylic acids is 1. The Hall–Kier alpha value is -2.00. The molecule has 9 heteroatoms. The van der Waals surface area contributed by atoms with Crippen molar-refractivity contribution in [1.82, 2.24) is 25.4 Å². The molecule has 0 aliphatic carbocycles. The molecule has 3 heterocycles. The van der Waals surface area contributed by atoms with Crippen molar-refractivity contribution in [3.63, 3.8) is 0 Å². The molecular weight excluding hydrogens is 314 g/mol. The molecule has 0 radical (unpaired) electrons. The van der Waals surface area contributed by atoms with Crippen molar-refractivity contribution in [2.24, 2.45) is 5.92 Å². The highest BCUT2D eigenvalue weighted by Crippen LogP contribution is 2.33. The third kappa shape index (κ3) is 4.09. The highest BCUT2D eigenvalue weighted by atomic mass is 16.7. The second kappa shape index (κ2) is 7.71. The van der Waals surface area contributed by atoms with E-state index in [1.165, 1.54) is 0 Å². The fourth-order valence-corrected chi connectivity index (χ4v) is 3.43. The molecule has 2 aliphatic heterocycles. The molecule has 24 heavy (non-hydrogen) atoms. The smallest absolute Gasteiger partial charge is 0.303 e. The molecule has 2 aliphatic rings. The minimum atomic E-state index is -0.857. The Morgan fingerprint density at radius 3 is 2.92 bits per heavy atom. The average molecular weight is 337 g/mol. The first-order chi connectivity index (χ1) is 11.6. The van der Waals surface area contributed by atoms with Crippen LogP contribution >= 0.6 is 0 Å². The van der Waals surface area contributed by atoms with E-state index in [0.717, 1.165) is 25.1 Å². The van der Waals surface area contributed by atoms with E-state index in [-0.39, 0.29) is 24.2 Å². The van der Waals surface area contributed by atoms with Crippen LogP contribution in [0.5, 0.6) is 0 Å². The van der Waals surface area contributed by atoms with Gasteiger partial charge >= 0.3 is 5.97 Å². The number of amides is 1. The molecule has 9 nitrogen and oxygen atoms in total. The average Bonchev–Trinajstić information content (AvgIpc) is 3.22. The summed E-state index contributed by atoms with van der Waals surface area (Å²) in [5.74, 6) is -1.05. The van der Waals surface area contributed by atoms with Crippen molar-refractivity contribution < 1.29 is 19.5 Å². The summed E-state index contributed by atoms with van der Waals surface area (Å²) in [5.41, 5.74) is 0.718. The summed E-state index contributed by atoms with van der Waals surface area (Å²) >= 11 is 0. The third-order valence-electron chi connectivity index (χ3n) is 4.69. The van der Waals surface area contributed by atoms with Gasteiger partial charge in [0.15, 0.2) is 0 Å². The second-order valence-electron chi connectivity index (χ2n) is 6.38. The van der Waals surface area contributed by atoms with Gasteiger partial charge in [0.05, 0.1) is 24.9 Å². The van der Waals surface area contributed by atoms with Crippen molar-refractivity contribution in [3.8, 4) is 0 Å². The lowest BCUT2D eigenvalue weighted by atomic mass is 9.91. The van der Waals surface area contributed by atoms with E-state index in [0.29, 0.717) is 32.7 Å². The van der Waals surface area contributed by atoms with Gasteiger partial charge in [-0.05, 0) is 18.8 Å². The third-order valence-corrected chi connectivity index (χ3v) is 4.69. The maximum atomic E-state index is 12.5. The highest BCUT2D eigenvalue weighted by molar-refractivity contribution is 5.77. The van der Waals surface area contributed by atoms with Crippen LogP contribution in [0.15, 0.2) is 6.20 Å². The number of hydrogen-bond acceptors (Lipinski definition) is 6. The maximum absolute atomic E-state index is 12.5. The van der Waals surface area contributed by atoms with Crippen LogP contribution in [0.2, 0.25) is 0 Å². The number of rotatable bonds is 6. The predicted molar refractivity (Wildman–Crippen MR) is 82.8 cm³/mol. The zero-order valence-corrected chi connectivity index (χ0v) is 13.6. The first-order valence-corrected chi connectivity index (χ1v) is 8.36. The summed E-state index contributed by atoms with van der Waals surface area (Å²) in [7, 11) is 0. The standard InChI is InChI=1S/C15H23N5O4/c21-14(3-5-20-4-1-2-6-24-20)19-9-11(7-15(22)23)12(10-19)13-8-16-18-17-13/h8,11-12H,1-7,9-10H2,(H,22,23)(H,16,17,18)/t11-,12+/m0/s1. The number of aromatic amines is 1. The van der Waals surface area contributed by atoms with Crippen molar-refractivity contribution >= 4 is 11.9 Å². The Balaban J connectivity index is 1.57. The molecule has 2 saturated heterocycles. The summed E-state index contributed by atoms with van der Waals surface area (Å²) in [6.45, 7) is 3.09. The van der Waals surface area contributed by atoms with Gasteiger partial charge in [0.25, 0.3) is 0 Å². The Morgan fingerprint density at radius 1 is 1.38 bits per heavy atom. The summed E-state index contributed by atoms with van der Waals surface area (Å²) in [6, 6.07) is 0. The Labute approximate surface area is 139 Å². The molecule has 1 amide bonds. The summed E-state index contributed by atoms with van der Waals surface area (Å²) in [4.78, 5) is 30.8. The van der Waals surface area contributed by atoms with Crippen molar-refractivity contribution in [2.45, 2.75) is 31.6 Å². The van der Waals surface area contributed by atoms with Crippen molar-refractivity contribution in [3.05, 3.63) is 11.9 Å². The molecule has 1 aromatic rings. The first kappa shape index (κ1) is 16.8. The number of nitrogens with one attached hydrogen (secondary N) is 1. The fraction of sp³-hybridized carbons (Fsp3) is 0.733. The van der Waals surface area contributed by atoms with Crippen LogP contribution in [-0.2, 0) is 14.4 Å². The van der Waals surface area contributed by atoms with E-state index in [2.05, 4.69) is 15.4 Å². The Bertz CT molecular complexity index is 558. The van der Waals surface area contributed by atoms with Gasteiger partial charge in [-0.1, -0.05) is 0 Å². The zero-order chi connectivity index (χ0) is 16.9. The zero-order valence-electron chi connectivity index (χ0n) is 13.6. The molecule has 0 aromatic carbocycles. The number of likely N-dealkylation sites (tertiary alicyclic amines) is 1. The first-order valence-electron chi connectivity index (χ1n) is 8.36. The number of aromatic nitrogens is 3. The molecule has 0 saturated carbocycles. The highest BCUT2D eigenvalue weighted by Gasteiger charge is 2.38. The Kier molecular flexibility index (Phi) is 5.41. The Morgan fingerprint density at radius 2 is 2.25 bits per heavy atom. The lowest BCUT2D eigenvalue weighted by Gasteiger charge is -2.26. The normalized spacial score (nSPS) is 25.1. The lowest BCUT2D eigenvalue weighted by molar-refractivity contribution is -0.182. The van der Waals surface area contributed by atoms with E-state index >= 15 is 0 Å². The minimum Gasteiger partial charge on any atom is -0.481 e. The minimum absolute atomic E-state index is 0.0243. The number of nitrogens with zero attached hydrogens (tertiary/aromatic N) is 4. The number of hydroxylamine groups is 2. The second-order valence-corrected chi connectivity index (χ2v) is 6.38. The van der Waals surface area contributed by atoms with Crippen LogP contribution in [0.3, 0.4) is 0 Å². The van der Waals surface area contributed by atoms with Crippen LogP contribution in [-0.4, -0.2) is 75.1 Å². The van der Waals surface area contributed by atoms with Crippen LogP contribution in [0.4, 0.5) is 0 Å². The van der Waals surface area contributed by atoms with Crippen LogP contribution < -0.4 is 0 Å². The van der Waals surface area contributed by atoms with E-state index in [1.807, 2.05) is 5.06 Å². The van der Waals surface area contributed by atoms with Gasteiger partial charge in [-0.3, -0.25) is 14.4 Å². The van der Waals surface area contributed by atoms with Crippen molar-refractivity contribution in [2.75, 3.05) is 32.8 Å². The number of H-pyrrole nitrogens is 1. The molecule has 0 spiro atoms. The molecular formula is C15H23N5O4. The van der Waals surface area contributed by atoms with Gasteiger partial charge in [-0.15, -0.1) is 0 Å². The number of carboxylic acid groups (broad SMARTS) is 1. The monoisotopic (exact) mass is 337 g/mol. The fourth-order valence-electron chi connectivity index (χ4n) is 3.43. The van der Waals surface area contributed by atoms with E-state index in [1.54, 1.807) is 11.1 Å². The molecule has 0 unspecified atom stereocenters. The molecule has 1 aromatic heterocycles. The predicted octanol–water partition coefficient (Wildman–Crippen LogP) is 0.239. The molecule has 2 N–H and O–H groups in total. The number of carbonyl (C=O) groups excluding carboxylic acids is 1. The van der Waals surface area contributed by atoms with Gasteiger partial charge in [0, 0.05) is 38.5 Å². The summed E-state index contributed by atoms with van der Waals surface area (Å²) < 4.78 is 0. The van der Waals surface area contributed by atoms with Crippen LogP contribution in [0.1, 0.15) is 37.3 Å². The maximum Gasteiger partial charge on any atom is 0.303 e. The molecule has 3 rings (SSSR count). The molecule has 132 valence electrons. The molecule has 2 fully saturated rings. The van der Waals surface area contributed by atoms with Crippen LogP contribution in [0.25, 0.3) is 0 Å². The number of carbonyl (C=O) groups is 2. The topological polar surface area (TPSA) is 112 Å². The lowest BCUT2D eigenvalue weighted by Crippen LogP contribution is -2.36. The van der Waals surface area contributed by atoms with Gasteiger partial charge in [-0.2, -0.15) is 20.5 Å². The van der Waals surface area contributed by atoms with E-state index in [4.69, 9.17) is 9.94 Å². The van der Waals surface area contributed by atoms with Gasteiger partial charge in [-0.25, -0.2) is 0 Å². The molecule has 0 bridgehead atoms. The van der Waals surface area contributed by atoms with Crippen LogP contribution in [0, 0.1) is 5.92 Å². The quantitative estimate of drug-likeness (QED) is 0.764.